The first-order chi connectivity index (χ1) is 29.5. The average Bonchev–Trinajstić information content (AvgIpc) is 3.27. The van der Waals surface area contributed by atoms with Gasteiger partial charge in [0.15, 0.2) is 0 Å². The van der Waals surface area contributed by atoms with Crippen LogP contribution in [-0.4, -0.2) is 16.1 Å². The number of hydrogen-bond acceptors (Lipinski definition) is 4. The number of hydrogen-bond donors (Lipinski definition) is 0. The Morgan fingerprint density at radius 1 is 0.443 bits per heavy atom. The van der Waals surface area contributed by atoms with Crippen LogP contribution in [-0.2, 0) is 5.41 Å². The smallest absolute Gasteiger partial charge is 0.139 e. The molecule has 0 amide bonds. The van der Waals surface area contributed by atoms with Gasteiger partial charge in [-0.3, -0.25) is 0 Å². The molecule has 0 aromatic heterocycles. The van der Waals surface area contributed by atoms with Crippen molar-refractivity contribution in [3.63, 3.8) is 0 Å². The van der Waals surface area contributed by atoms with Gasteiger partial charge in [0.2, 0.25) is 0 Å². The number of ether oxygens (including phenoxy) is 1. The second kappa shape index (κ2) is 14.3. The van der Waals surface area contributed by atoms with E-state index in [1.807, 2.05) is 23.5 Å². The summed E-state index contributed by atoms with van der Waals surface area (Å²) in [6.07, 6.45) is 0. The lowest BCUT2D eigenvalue weighted by Crippen LogP contribution is -2.56. The van der Waals surface area contributed by atoms with Crippen molar-refractivity contribution in [1.29, 1.82) is 0 Å². The molecule has 0 atom stereocenters. The van der Waals surface area contributed by atoms with Crippen molar-refractivity contribution in [2.24, 2.45) is 0 Å². The molecule has 0 unspecified atom stereocenters. The zero-order chi connectivity index (χ0) is 41.7. The molecule has 0 saturated carbocycles. The van der Waals surface area contributed by atoms with Gasteiger partial charge in [0.25, 0.3) is 0 Å². The summed E-state index contributed by atoms with van der Waals surface area (Å²) in [7, 11) is -3.84. The molecule has 0 spiro atoms. The molecule has 0 fully saturated rings. The summed E-state index contributed by atoms with van der Waals surface area (Å²) in [6.45, 7) is 14.6. The van der Waals surface area contributed by atoms with Crippen LogP contribution in [0.2, 0.25) is 26.2 Å². The Kier molecular flexibility index (Phi) is 8.99. The Hall–Kier alpha value is -5.51. The molecule has 3 aliphatic rings. The molecule has 11 rings (SSSR count). The lowest BCUT2D eigenvalue weighted by atomic mass is 9.75. The summed E-state index contributed by atoms with van der Waals surface area (Å²) in [5.74, 6) is 1.88. The Bertz CT molecular complexity index is 2890. The highest BCUT2D eigenvalue weighted by atomic mass is 32.2. The van der Waals surface area contributed by atoms with Crippen molar-refractivity contribution < 1.29 is 4.74 Å². The summed E-state index contributed by atoms with van der Waals surface area (Å²) in [4.78, 5) is 8.03. The van der Waals surface area contributed by atoms with E-state index < -0.39 is 16.1 Å². The fourth-order valence-corrected chi connectivity index (χ4v) is 21.1. The molecular formula is C55H47NOS2Si2. The maximum Gasteiger partial charge on any atom is 0.139 e. The van der Waals surface area contributed by atoms with Gasteiger partial charge in [-0.25, -0.2) is 0 Å². The van der Waals surface area contributed by atoms with E-state index in [2.05, 4.69) is 221 Å². The van der Waals surface area contributed by atoms with Gasteiger partial charge >= 0.3 is 0 Å². The monoisotopic (exact) mass is 857 g/mol. The highest BCUT2D eigenvalue weighted by Gasteiger charge is 2.39. The van der Waals surface area contributed by atoms with E-state index in [0.29, 0.717) is 0 Å². The van der Waals surface area contributed by atoms with E-state index in [9.17, 15) is 0 Å². The normalized spacial score (nSPS) is 15.8. The molecule has 3 aliphatic heterocycles. The third-order valence-corrected chi connectivity index (χ3v) is 23.7. The van der Waals surface area contributed by atoms with Gasteiger partial charge in [0.1, 0.15) is 27.6 Å². The van der Waals surface area contributed by atoms with Crippen LogP contribution in [0.1, 0.15) is 25.0 Å². The van der Waals surface area contributed by atoms with E-state index in [1.165, 1.54) is 68.3 Å². The summed E-state index contributed by atoms with van der Waals surface area (Å²) in [5, 5.41) is 6.07. The quantitative estimate of drug-likeness (QED) is 0.160. The van der Waals surface area contributed by atoms with Crippen LogP contribution in [0.5, 0.6) is 11.5 Å². The minimum Gasteiger partial charge on any atom is -0.456 e. The van der Waals surface area contributed by atoms with E-state index in [-0.39, 0.29) is 5.41 Å². The minimum absolute atomic E-state index is 0.177. The lowest BCUT2D eigenvalue weighted by Gasteiger charge is -2.36. The fourth-order valence-electron chi connectivity index (χ4n) is 10.0. The lowest BCUT2D eigenvalue weighted by molar-refractivity contribution is 0.419. The van der Waals surface area contributed by atoms with E-state index in [1.54, 1.807) is 0 Å². The molecule has 0 radical (unpaired) electrons. The van der Waals surface area contributed by atoms with Crippen molar-refractivity contribution in [3.05, 3.63) is 187 Å². The van der Waals surface area contributed by atoms with E-state index >= 15 is 0 Å². The number of nitrogens with zero attached hydrogens (tertiary/aromatic N) is 1. The number of anilines is 3. The Balaban J connectivity index is 1.03. The zero-order valence-corrected chi connectivity index (χ0v) is 39.0. The first kappa shape index (κ1) is 38.4. The maximum atomic E-state index is 6.73. The first-order valence-corrected chi connectivity index (χ1v) is 28.9. The van der Waals surface area contributed by atoms with E-state index in [0.717, 1.165) is 34.0 Å². The van der Waals surface area contributed by atoms with Crippen LogP contribution in [0.25, 0.3) is 22.3 Å². The van der Waals surface area contributed by atoms with Crippen LogP contribution in [0.3, 0.4) is 0 Å². The van der Waals surface area contributed by atoms with Crippen LogP contribution < -0.4 is 30.4 Å². The summed E-state index contributed by atoms with van der Waals surface area (Å²) < 4.78 is 6.73. The Morgan fingerprint density at radius 3 is 1.57 bits per heavy atom. The molecule has 2 nitrogen and oxygen atoms in total. The highest BCUT2D eigenvalue weighted by Crippen LogP contribution is 2.52. The molecule has 6 heteroatoms. The molecule has 3 heterocycles. The van der Waals surface area contributed by atoms with Gasteiger partial charge in [-0.1, -0.05) is 191 Å². The maximum absolute atomic E-state index is 6.73. The second-order valence-electron chi connectivity index (χ2n) is 18.1. The predicted octanol–water partition coefficient (Wildman–Crippen LogP) is 13.5. The van der Waals surface area contributed by atoms with Crippen molar-refractivity contribution in [1.82, 2.24) is 0 Å². The van der Waals surface area contributed by atoms with Crippen molar-refractivity contribution in [3.8, 4) is 33.8 Å². The standard InChI is InChI=1S/C55H47NOS2Si2/c1-55(2)42-18-7-8-21-45(42)57-52-40(16-13-19-43(52)55)36-28-32-38(33-29-36)56(44-20-15-27-51-54(44)59-47-23-10-12-25-49(47)61(51,5)6)39-34-30-37(31-35-39)41-17-14-26-50-53(41)58-46-22-9-11-24-48(46)60(50,3)4/h7-35H,1-6H3. The predicted molar refractivity (Wildman–Crippen MR) is 265 cm³/mol. The van der Waals surface area contributed by atoms with Crippen LogP contribution >= 0.6 is 23.5 Å². The zero-order valence-electron chi connectivity index (χ0n) is 35.4. The van der Waals surface area contributed by atoms with Crippen LogP contribution in [0.4, 0.5) is 17.1 Å². The number of fused-ring (bicyclic) bond motifs is 6. The fraction of sp³-hybridized carbons (Fsp3) is 0.127. The summed E-state index contributed by atoms with van der Waals surface area (Å²) >= 11 is 3.87. The second-order valence-corrected chi connectivity index (χ2v) is 28.9. The van der Waals surface area contributed by atoms with Crippen molar-refractivity contribution >= 4 is 77.5 Å². The van der Waals surface area contributed by atoms with Gasteiger partial charge in [0.05, 0.1) is 5.69 Å². The number of para-hydroxylation sites is 2. The SMILES string of the molecule is CC1(C)c2ccccc2Oc2c(-c3ccc(N(c4ccc(-c5cccc6c5Sc5ccccc5[Si]6(C)C)cc4)c4cccc5c4Sc4ccccc4[Si]5(C)C)cc3)cccc21. The molecule has 61 heavy (non-hydrogen) atoms. The third kappa shape index (κ3) is 6.05. The van der Waals surface area contributed by atoms with Gasteiger partial charge in [-0.05, 0) is 86.0 Å². The molecule has 8 aromatic carbocycles. The van der Waals surface area contributed by atoms with Gasteiger partial charge in [0, 0.05) is 53.1 Å². The molecule has 0 aliphatic carbocycles. The summed E-state index contributed by atoms with van der Waals surface area (Å²) in [5.41, 5.74) is 10.5. The minimum atomic E-state index is -1.98. The molecule has 8 aromatic rings. The van der Waals surface area contributed by atoms with Gasteiger partial charge in [-0.15, -0.1) is 0 Å². The Morgan fingerprint density at radius 2 is 0.918 bits per heavy atom. The third-order valence-electron chi connectivity index (χ3n) is 13.5. The molecule has 0 bridgehead atoms. The van der Waals surface area contributed by atoms with E-state index in [4.69, 9.17) is 4.74 Å². The summed E-state index contributed by atoms with van der Waals surface area (Å²) in [6, 6.07) is 65.6. The molecule has 0 N–H and O–H groups in total. The highest BCUT2D eigenvalue weighted by molar-refractivity contribution is 8.00. The molecule has 0 saturated heterocycles. The van der Waals surface area contributed by atoms with Crippen molar-refractivity contribution in [2.75, 3.05) is 4.90 Å². The molecule has 298 valence electrons. The Labute approximate surface area is 370 Å². The van der Waals surface area contributed by atoms with Crippen LogP contribution in [0, 0.1) is 0 Å². The van der Waals surface area contributed by atoms with Crippen molar-refractivity contribution in [2.45, 2.75) is 65.0 Å². The van der Waals surface area contributed by atoms with Crippen LogP contribution in [0.15, 0.2) is 196 Å². The average molecular weight is 858 g/mol. The topological polar surface area (TPSA) is 12.5 Å². The number of rotatable bonds is 5. The molecular weight excluding hydrogens is 811 g/mol. The van der Waals surface area contributed by atoms with Gasteiger partial charge < -0.3 is 9.64 Å². The van der Waals surface area contributed by atoms with Gasteiger partial charge in [-0.2, -0.15) is 0 Å². The first-order valence-electron chi connectivity index (χ1n) is 21.3. The largest absolute Gasteiger partial charge is 0.456 e. The number of benzene rings is 8.